The monoisotopic (exact) mass is 660 g/mol. The Kier molecular flexibility index (Phi) is 9.74. The number of aryl methyl sites for hydroxylation is 1. The lowest BCUT2D eigenvalue weighted by atomic mass is 10.2. The van der Waals surface area contributed by atoms with Crippen LogP contribution in [0.4, 0.5) is 18.9 Å². The highest BCUT2D eigenvalue weighted by Gasteiger charge is 2.34. The summed E-state index contributed by atoms with van der Waals surface area (Å²) < 4.78 is 77.5. The summed E-state index contributed by atoms with van der Waals surface area (Å²) in [4.78, 5) is 21.5. The summed E-state index contributed by atoms with van der Waals surface area (Å²) in [6, 6.07) is 17.3. The normalized spacial score (nSPS) is 15.7. The number of fused-ring (bicyclic) bond motifs is 1. The van der Waals surface area contributed by atoms with Crippen molar-refractivity contribution < 1.29 is 40.4 Å². The average molecular weight is 661 g/mol. The zero-order valence-electron chi connectivity index (χ0n) is 24.9. The van der Waals surface area contributed by atoms with E-state index in [9.17, 15) is 26.4 Å². The second-order valence-electron chi connectivity index (χ2n) is 11.1. The highest BCUT2D eigenvalue weighted by Crippen LogP contribution is 2.29. The number of nitrogens with one attached hydrogen (secondary N) is 1. The number of benzene rings is 2. The van der Waals surface area contributed by atoms with Crippen LogP contribution in [0.3, 0.4) is 0 Å². The van der Waals surface area contributed by atoms with E-state index in [-0.39, 0.29) is 11.7 Å². The maximum atomic E-state index is 13.4. The maximum absolute atomic E-state index is 13.4. The van der Waals surface area contributed by atoms with E-state index in [1.165, 1.54) is 6.20 Å². The highest BCUT2D eigenvalue weighted by molar-refractivity contribution is 7.86. The number of alkyl halides is 3. The van der Waals surface area contributed by atoms with Gasteiger partial charge in [0.05, 0.1) is 10.8 Å². The molecular weight excluding hydrogens is 627 g/mol. The lowest BCUT2D eigenvalue weighted by Crippen LogP contribution is -2.48. The lowest BCUT2D eigenvalue weighted by molar-refractivity contribution is -0.153. The molecule has 246 valence electrons. The van der Waals surface area contributed by atoms with E-state index in [0.717, 1.165) is 16.5 Å². The Bertz CT molecular complexity index is 1770. The number of piperazine rings is 1. The number of carbonyl (C=O) groups excluding carboxylic acids is 1. The summed E-state index contributed by atoms with van der Waals surface area (Å²) in [7, 11) is -1.78. The molecule has 0 atom stereocenters. The molecule has 2 aromatic heterocycles. The van der Waals surface area contributed by atoms with Crippen LogP contribution in [0, 0.1) is 0 Å². The van der Waals surface area contributed by atoms with Gasteiger partial charge in [0, 0.05) is 57.4 Å². The van der Waals surface area contributed by atoms with E-state index in [0.29, 0.717) is 68.6 Å². The number of halogens is 3. The Labute approximate surface area is 264 Å². The van der Waals surface area contributed by atoms with Gasteiger partial charge in [-0.15, -0.1) is 5.69 Å². The number of hydrogen-bond donors (Lipinski definition) is 1. The first-order valence-electron chi connectivity index (χ1n) is 14.5. The van der Waals surface area contributed by atoms with Gasteiger partial charge in [0.2, 0.25) is 5.88 Å². The Morgan fingerprint density at radius 1 is 1.00 bits per heavy atom. The SMILES string of the molecule is Cn1c(C(=O)N2CCN(Cc3ccc(OCC(F)(F)F)cc3)CC2)cc2ccc(Oc3ccc([NH-])cn3)cc21.O=S(=O)(O)C1CC1. The summed E-state index contributed by atoms with van der Waals surface area (Å²) in [6.45, 7) is 1.83. The van der Waals surface area contributed by atoms with E-state index in [1.807, 2.05) is 40.8 Å². The second-order valence-corrected chi connectivity index (χ2v) is 12.8. The van der Waals surface area contributed by atoms with Gasteiger partial charge in [-0.3, -0.25) is 14.2 Å². The minimum absolute atomic E-state index is 0.0466. The van der Waals surface area contributed by atoms with Crippen LogP contribution >= 0.6 is 0 Å². The molecular formula is C31H33F3N5O6S-. The van der Waals surface area contributed by atoms with E-state index < -0.39 is 28.2 Å². The van der Waals surface area contributed by atoms with Crippen molar-refractivity contribution in [1.82, 2.24) is 19.4 Å². The highest BCUT2D eigenvalue weighted by atomic mass is 32.2. The number of carbonyl (C=O) groups is 1. The summed E-state index contributed by atoms with van der Waals surface area (Å²) in [5.41, 5.74) is 10.2. The minimum atomic E-state index is -4.37. The smallest absolute Gasteiger partial charge is 0.422 e. The number of nitrogens with zero attached hydrogens (tertiary/aromatic N) is 4. The van der Waals surface area contributed by atoms with Crippen LogP contribution in [-0.4, -0.2) is 82.4 Å². The largest absolute Gasteiger partial charge is 0.697 e. The first-order chi connectivity index (χ1) is 21.7. The number of pyridine rings is 1. The third kappa shape index (κ3) is 8.89. The Morgan fingerprint density at radius 3 is 2.24 bits per heavy atom. The second kappa shape index (κ2) is 13.6. The van der Waals surface area contributed by atoms with Crippen molar-refractivity contribution in [3.63, 3.8) is 0 Å². The van der Waals surface area contributed by atoms with E-state index in [2.05, 4.69) is 9.88 Å². The molecule has 0 unspecified atom stereocenters. The topological polar surface area (TPSA) is 138 Å². The third-order valence-corrected chi connectivity index (χ3v) is 8.85. The van der Waals surface area contributed by atoms with Gasteiger partial charge in [-0.1, -0.05) is 18.2 Å². The van der Waals surface area contributed by atoms with E-state index in [4.69, 9.17) is 19.8 Å². The fraction of sp³-hybridized carbons (Fsp3) is 0.355. The van der Waals surface area contributed by atoms with E-state index in [1.54, 1.807) is 36.4 Å². The molecule has 0 bridgehead atoms. The molecule has 4 aromatic rings. The molecule has 1 saturated carbocycles. The Hall–Kier alpha value is -4.34. The predicted molar refractivity (Wildman–Crippen MR) is 165 cm³/mol. The van der Waals surface area contributed by atoms with Crippen molar-refractivity contribution in [2.75, 3.05) is 32.8 Å². The average Bonchev–Trinajstić information content (AvgIpc) is 3.83. The van der Waals surface area contributed by atoms with Gasteiger partial charge in [0.15, 0.2) is 6.61 Å². The molecule has 3 heterocycles. The standard InChI is InChI=1S/C28H27F3N5O3.C3H6O3S/c1-34-24-15-23(39-26-9-5-21(32)16-33-26)8-4-20(24)14-25(34)27(37)36-12-10-35(11-13-36)17-19-2-6-22(7-3-19)38-18-28(29,30)31;4-7(5,6)3-1-2-3/h2-9,14-16,32H,10-13,17-18H2,1H3;3H,1-2H2,(H,4,5,6)/q-1;. The molecule has 2 N–H and O–H groups in total. The zero-order chi connectivity index (χ0) is 33.1. The zero-order valence-corrected chi connectivity index (χ0v) is 25.7. The fourth-order valence-electron chi connectivity index (χ4n) is 4.89. The van der Waals surface area contributed by atoms with Crippen molar-refractivity contribution >= 4 is 32.6 Å². The van der Waals surface area contributed by atoms with E-state index >= 15 is 0 Å². The molecule has 2 fully saturated rings. The molecule has 2 aromatic carbocycles. The fourth-order valence-corrected chi connectivity index (χ4v) is 5.62. The molecule has 2 aliphatic rings. The van der Waals surface area contributed by atoms with Crippen LogP contribution in [0.2, 0.25) is 0 Å². The van der Waals surface area contributed by atoms with Gasteiger partial charge in [0.1, 0.15) is 17.2 Å². The number of amides is 1. The molecule has 1 aliphatic heterocycles. The lowest BCUT2D eigenvalue weighted by Gasteiger charge is -2.34. The number of hydrogen-bond acceptors (Lipinski definition) is 7. The van der Waals surface area contributed by atoms with Gasteiger partial charge < -0.3 is 24.7 Å². The molecule has 1 amide bonds. The number of aromatic nitrogens is 2. The summed E-state index contributed by atoms with van der Waals surface area (Å²) in [5.74, 6) is 1.11. The van der Waals surface area contributed by atoms with Crippen LogP contribution in [0.15, 0.2) is 66.9 Å². The van der Waals surface area contributed by atoms with Crippen LogP contribution in [0.25, 0.3) is 16.6 Å². The Morgan fingerprint density at radius 2 is 1.67 bits per heavy atom. The van der Waals surface area contributed by atoms with Crippen LogP contribution in [0.5, 0.6) is 17.4 Å². The molecule has 46 heavy (non-hydrogen) atoms. The van der Waals surface area contributed by atoms with Crippen molar-refractivity contribution in [1.29, 1.82) is 0 Å². The van der Waals surface area contributed by atoms with Crippen LogP contribution in [0.1, 0.15) is 28.9 Å². The summed E-state index contributed by atoms with van der Waals surface area (Å²) in [5, 5.41) is 0.497. The molecule has 0 radical (unpaired) electrons. The van der Waals surface area contributed by atoms with Gasteiger partial charge in [0.25, 0.3) is 16.0 Å². The summed E-state index contributed by atoms with van der Waals surface area (Å²) >= 11 is 0. The Balaban J connectivity index is 0.000000527. The van der Waals surface area contributed by atoms with Crippen molar-refractivity contribution in [2.24, 2.45) is 7.05 Å². The molecule has 11 nitrogen and oxygen atoms in total. The number of ether oxygens (including phenoxy) is 2. The van der Waals surface area contributed by atoms with Gasteiger partial charge in [-0.25, -0.2) is 4.98 Å². The van der Waals surface area contributed by atoms with Gasteiger partial charge in [-0.2, -0.15) is 21.6 Å². The van der Waals surface area contributed by atoms with Gasteiger partial charge >= 0.3 is 6.18 Å². The van der Waals surface area contributed by atoms with Crippen molar-refractivity contribution in [3.05, 3.63) is 83.9 Å². The maximum Gasteiger partial charge on any atom is 0.422 e. The van der Waals surface area contributed by atoms with Crippen molar-refractivity contribution in [2.45, 2.75) is 30.8 Å². The molecule has 0 spiro atoms. The molecule has 1 aliphatic carbocycles. The van der Waals surface area contributed by atoms with Crippen molar-refractivity contribution in [3.8, 4) is 17.4 Å². The molecule has 6 rings (SSSR count). The third-order valence-electron chi connectivity index (χ3n) is 7.53. The van der Waals surface area contributed by atoms with Gasteiger partial charge in [-0.05, 0) is 54.8 Å². The predicted octanol–water partition coefficient (Wildman–Crippen LogP) is 5.99. The first-order valence-corrected chi connectivity index (χ1v) is 16.0. The first kappa shape index (κ1) is 33.0. The number of rotatable bonds is 8. The van der Waals surface area contributed by atoms with Crippen LogP contribution < -0.4 is 9.47 Å². The molecule has 1 saturated heterocycles. The van der Waals surface area contributed by atoms with Crippen LogP contribution in [-0.2, 0) is 23.7 Å². The summed E-state index contributed by atoms with van der Waals surface area (Å²) in [6.07, 6.45) is -1.68. The quantitative estimate of drug-likeness (QED) is 0.228. The molecule has 15 heteroatoms. The minimum Gasteiger partial charge on any atom is -0.697 e.